The fourth-order valence-corrected chi connectivity index (χ4v) is 2.25. The molecule has 3 nitrogen and oxygen atoms in total. The largest absolute Gasteiger partial charge is 0.512 e. The minimum absolute atomic E-state index is 0.00662. The number of carbonyl (C=O) groups is 1. The number of aliphatic hydroxyl groups is 1. The summed E-state index contributed by atoms with van der Waals surface area (Å²) in [6.45, 7) is 1.90. The van der Waals surface area contributed by atoms with Crippen LogP contribution in [0, 0.1) is 5.92 Å². The number of hydrogen-bond acceptors (Lipinski definition) is 3. The van der Waals surface area contributed by atoms with Crippen LogP contribution in [-0.2, 0) is 9.53 Å². The Morgan fingerprint density at radius 1 is 1.54 bits per heavy atom. The molecule has 1 saturated heterocycles. The Labute approximate surface area is 77.4 Å². The second kappa shape index (κ2) is 3.05. The lowest BCUT2D eigenvalue weighted by molar-refractivity contribution is -0.149. The van der Waals surface area contributed by atoms with Gasteiger partial charge < -0.3 is 9.84 Å². The SMILES string of the molecule is C[C@@H]1C[C@@H]2CCCC(O)=C2C(=O)O1. The highest BCUT2D eigenvalue weighted by Gasteiger charge is 2.35. The Hall–Kier alpha value is -0.990. The van der Waals surface area contributed by atoms with E-state index < -0.39 is 0 Å². The number of carbonyl (C=O) groups excluding carboxylic acids is 1. The molecule has 2 atom stereocenters. The Bertz CT molecular complexity index is 267. The van der Waals surface area contributed by atoms with Crippen LogP contribution in [0.4, 0.5) is 0 Å². The zero-order valence-corrected chi connectivity index (χ0v) is 7.75. The highest BCUT2D eigenvalue weighted by atomic mass is 16.5. The van der Waals surface area contributed by atoms with E-state index in [4.69, 9.17) is 4.74 Å². The van der Waals surface area contributed by atoms with Crippen molar-refractivity contribution in [3.05, 3.63) is 11.3 Å². The van der Waals surface area contributed by atoms with Gasteiger partial charge in [-0.3, -0.25) is 0 Å². The maximum absolute atomic E-state index is 11.4. The predicted molar refractivity (Wildman–Crippen MR) is 47.2 cm³/mol. The number of rotatable bonds is 0. The molecule has 0 aromatic carbocycles. The molecular formula is C10H14O3. The van der Waals surface area contributed by atoms with Gasteiger partial charge in [0.05, 0.1) is 11.7 Å². The first-order valence-electron chi connectivity index (χ1n) is 4.81. The van der Waals surface area contributed by atoms with Crippen molar-refractivity contribution in [2.24, 2.45) is 5.92 Å². The summed E-state index contributed by atoms with van der Waals surface area (Å²) in [4.78, 5) is 11.4. The van der Waals surface area contributed by atoms with Crippen LogP contribution >= 0.6 is 0 Å². The van der Waals surface area contributed by atoms with Crippen LogP contribution in [0.5, 0.6) is 0 Å². The molecule has 0 aromatic heterocycles. The van der Waals surface area contributed by atoms with Crippen molar-refractivity contribution in [2.45, 2.75) is 38.7 Å². The van der Waals surface area contributed by atoms with E-state index in [-0.39, 0.29) is 23.8 Å². The van der Waals surface area contributed by atoms with Crippen LogP contribution in [0.1, 0.15) is 32.6 Å². The number of ether oxygens (including phenoxy) is 1. The molecule has 0 spiro atoms. The van der Waals surface area contributed by atoms with Crippen LogP contribution in [0.2, 0.25) is 0 Å². The van der Waals surface area contributed by atoms with Gasteiger partial charge in [0.1, 0.15) is 5.76 Å². The van der Waals surface area contributed by atoms with Gasteiger partial charge in [-0.2, -0.15) is 0 Å². The summed E-state index contributed by atoms with van der Waals surface area (Å²) in [7, 11) is 0. The first-order chi connectivity index (χ1) is 6.18. The predicted octanol–water partition coefficient (Wildman–Crippen LogP) is 1.93. The first-order valence-corrected chi connectivity index (χ1v) is 4.81. The van der Waals surface area contributed by atoms with Crippen molar-refractivity contribution in [1.29, 1.82) is 0 Å². The maximum Gasteiger partial charge on any atom is 0.337 e. The number of esters is 1. The summed E-state index contributed by atoms with van der Waals surface area (Å²) in [5, 5.41) is 9.54. The van der Waals surface area contributed by atoms with E-state index in [0.29, 0.717) is 12.0 Å². The van der Waals surface area contributed by atoms with Crippen LogP contribution in [0.15, 0.2) is 11.3 Å². The van der Waals surface area contributed by atoms with Gasteiger partial charge in [0.15, 0.2) is 0 Å². The molecule has 1 aliphatic heterocycles. The summed E-state index contributed by atoms with van der Waals surface area (Å²) in [6.07, 6.45) is 3.51. The molecule has 3 heteroatoms. The Morgan fingerprint density at radius 3 is 3.08 bits per heavy atom. The summed E-state index contributed by atoms with van der Waals surface area (Å²) < 4.78 is 5.07. The van der Waals surface area contributed by atoms with E-state index in [0.717, 1.165) is 19.3 Å². The van der Waals surface area contributed by atoms with Crippen molar-refractivity contribution in [3.63, 3.8) is 0 Å². The topological polar surface area (TPSA) is 46.5 Å². The molecule has 1 N–H and O–H groups in total. The minimum atomic E-state index is -0.305. The first kappa shape index (κ1) is 8.60. The third-order valence-corrected chi connectivity index (χ3v) is 2.83. The van der Waals surface area contributed by atoms with Crippen molar-refractivity contribution in [2.75, 3.05) is 0 Å². The molecule has 0 saturated carbocycles. The summed E-state index contributed by atoms with van der Waals surface area (Å²) in [5.41, 5.74) is 0.546. The third kappa shape index (κ3) is 1.43. The van der Waals surface area contributed by atoms with Gasteiger partial charge in [-0.05, 0) is 32.1 Å². The molecule has 0 aromatic rings. The Morgan fingerprint density at radius 2 is 2.31 bits per heavy atom. The van der Waals surface area contributed by atoms with Crippen molar-refractivity contribution < 1.29 is 14.6 Å². The van der Waals surface area contributed by atoms with Crippen LogP contribution < -0.4 is 0 Å². The van der Waals surface area contributed by atoms with Crippen molar-refractivity contribution >= 4 is 5.97 Å². The van der Waals surface area contributed by atoms with Gasteiger partial charge in [0, 0.05) is 6.42 Å². The minimum Gasteiger partial charge on any atom is -0.512 e. The van der Waals surface area contributed by atoms with Crippen molar-refractivity contribution in [1.82, 2.24) is 0 Å². The quantitative estimate of drug-likeness (QED) is 0.582. The van der Waals surface area contributed by atoms with Gasteiger partial charge in [-0.25, -0.2) is 4.79 Å². The average Bonchev–Trinajstić information content (AvgIpc) is 2.02. The van der Waals surface area contributed by atoms with Crippen LogP contribution in [0.25, 0.3) is 0 Å². The summed E-state index contributed by atoms with van der Waals surface area (Å²) in [6, 6.07) is 0. The summed E-state index contributed by atoms with van der Waals surface area (Å²) >= 11 is 0. The van der Waals surface area contributed by atoms with Crippen LogP contribution in [-0.4, -0.2) is 17.2 Å². The molecule has 0 unspecified atom stereocenters. The molecule has 13 heavy (non-hydrogen) atoms. The van der Waals surface area contributed by atoms with E-state index >= 15 is 0 Å². The lowest BCUT2D eigenvalue weighted by Crippen LogP contribution is -2.32. The van der Waals surface area contributed by atoms with Crippen molar-refractivity contribution in [3.8, 4) is 0 Å². The molecule has 0 radical (unpaired) electrons. The second-order valence-corrected chi connectivity index (χ2v) is 3.90. The number of hydrogen-bond donors (Lipinski definition) is 1. The fourth-order valence-electron chi connectivity index (χ4n) is 2.25. The molecular weight excluding hydrogens is 168 g/mol. The summed E-state index contributed by atoms with van der Waals surface area (Å²) in [5.74, 6) is 0.194. The lowest BCUT2D eigenvalue weighted by Gasteiger charge is -2.32. The molecule has 1 fully saturated rings. The lowest BCUT2D eigenvalue weighted by atomic mass is 9.81. The highest BCUT2D eigenvalue weighted by Crippen LogP contribution is 2.36. The molecule has 72 valence electrons. The second-order valence-electron chi connectivity index (χ2n) is 3.90. The molecule has 2 aliphatic rings. The standard InChI is InChI=1S/C10H14O3/c1-6-5-7-3-2-4-8(11)9(7)10(12)13-6/h6-7,11H,2-5H2,1H3/t6-,7+/m1/s1. The van der Waals surface area contributed by atoms with E-state index in [1.807, 2.05) is 6.92 Å². The van der Waals surface area contributed by atoms with Gasteiger partial charge in [-0.1, -0.05) is 0 Å². The Balaban J connectivity index is 2.30. The number of aliphatic hydroxyl groups excluding tert-OH is 1. The number of cyclic esters (lactones) is 1. The number of allylic oxidation sites excluding steroid dienone is 1. The normalized spacial score (nSPS) is 34.1. The Kier molecular flexibility index (Phi) is 2.02. The molecule has 1 heterocycles. The zero-order valence-electron chi connectivity index (χ0n) is 7.75. The van der Waals surface area contributed by atoms with Gasteiger partial charge >= 0.3 is 5.97 Å². The monoisotopic (exact) mass is 182 g/mol. The highest BCUT2D eigenvalue weighted by molar-refractivity contribution is 5.90. The van der Waals surface area contributed by atoms with E-state index in [1.54, 1.807) is 0 Å². The van der Waals surface area contributed by atoms with E-state index in [9.17, 15) is 9.90 Å². The number of fused-ring (bicyclic) bond motifs is 1. The molecule has 0 bridgehead atoms. The van der Waals surface area contributed by atoms with Gasteiger partial charge in [-0.15, -0.1) is 0 Å². The van der Waals surface area contributed by atoms with E-state index in [2.05, 4.69) is 0 Å². The van der Waals surface area contributed by atoms with E-state index in [1.165, 1.54) is 0 Å². The average molecular weight is 182 g/mol. The molecule has 2 rings (SSSR count). The third-order valence-electron chi connectivity index (χ3n) is 2.83. The zero-order chi connectivity index (χ0) is 9.42. The maximum atomic E-state index is 11.4. The van der Waals surface area contributed by atoms with Gasteiger partial charge in [0.2, 0.25) is 0 Å². The molecule has 1 aliphatic carbocycles. The molecule has 0 amide bonds. The smallest absolute Gasteiger partial charge is 0.337 e. The van der Waals surface area contributed by atoms with Gasteiger partial charge in [0.25, 0.3) is 0 Å². The van der Waals surface area contributed by atoms with Crippen LogP contribution in [0.3, 0.4) is 0 Å². The fraction of sp³-hybridized carbons (Fsp3) is 0.700.